The molecule has 1 unspecified atom stereocenters. The van der Waals surface area contributed by atoms with Crippen LogP contribution in [0.4, 0.5) is 5.82 Å². The molecule has 1 fully saturated rings. The number of hydrogen-bond acceptors (Lipinski definition) is 9. The first kappa shape index (κ1) is 27.5. The fraction of sp³-hybridized carbons (Fsp3) is 0.355. The number of carbonyl (C=O) groups excluding carboxylic acids is 1. The zero-order valence-corrected chi connectivity index (χ0v) is 23.9. The van der Waals surface area contributed by atoms with Crippen LogP contribution in [0.5, 0.6) is 17.2 Å². The average molecular weight is 570 g/mol. The fourth-order valence-corrected chi connectivity index (χ4v) is 5.43. The number of rotatable bonds is 10. The van der Waals surface area contributed by atoms with Crippen LogP contribution in [-0.4, -0.2) is 76.4 Å². The normalized spacial score (nSPS) is 16.4. The van der Waals surface area contributed by atoms with Crippen molar-refractivity contribution in [3.63, 3.8) is 0 Å². The number of carbonyl (C=O) groups is 1. The third kappa shape index (κ3) is 6.46. The molecule has 0 aliphatic carbocycles. The van der Waals surface area contributed by atoms with Crippen molar-refractivity contribution in [2.75, 3.05) is 45.0 Å². The molecule has 0 bridgehead atoms. The van der Waals surface area contributed by atoms with E-state index < -0.39 is 0 Å². The van der Waals surface area contributed by atoms with E-state index in [1.54, 1.807) is 24.2 Å². The fourth-order valence-electron chi connectivity index (χ4n) is 5.43. The van der Waals surface area contributed by atoms with Gasteiger partial charge in [0.2, 0.25) is 18.6 Å². The third-order valence-electron chi connectivity index (χ3n) is 7.58. The maximum atomic E-state index is 13.3. The van der Waals surface area contributed by atoms with Crippen LogP contribution in [0.3, 0.4) is 0 Å². The maximum Gasteiger partial charge on any atom is 0.237 e. The first-order valence-electron chi connectivity index (χ1n) is 14.2. The van der Waals surface area contributed by atoms with Crippen molar-refractivity contribution in [3.8, 4) is 23.2 Å². The number of ether oxygens (including phenoxy) is 3. The summed E-state index contributed by atoms with van der Waals surface area (Å²) in [5.41, 5.74) is 3.15. The molecule has 4 aromatic rings. The Bertz CT molecular complexity index is 1510. The molecule has 1 N–H and O–H groups in total. The number of nitrogens with zero attached hydrogens (tertiary/aromatic N) is 6. The number of fused-ring (bicyclic) bond motifs is 1. The Morgan fingerprint density at radius 1 is 1.05 bits per heavy atom. The van der Waals surface area contributed by atoms with Gasteiger partial charge in [-0.3, -0.25) is 14.3 Å². The molecule has 6 rings (SSSR count). The van der Waals surface area contributed by atoms with Crippen LogP contribution >= 0.6 is 0 Å². The van der Waals surface area contributed by atoms with Gasteiger partial charge in [0.1, 0.15) is 17.9 Å². The lowest BCUT2D eigenvalue weighted by Gasteiger charge is -2.42. The standard InChI is InChI=1S/C31H35N7O4/c1-22-15-29(35-31(34-22)37-12-11-32-20-37)38-14-13-36(18-24-3-6-26(40-2)7-4-24)19-25(38)17-30(39)33-10-9-23-5-8-27-28(16-23)42-21-41-27/h3-8,11-12,15-16,20,25H,9-10,13-14,17-19,21H2,1-2H3,(H,33,39). The monoisotopic (exact) mass is 569 g/mol. The number of aryl methyl sites for hydroxylation is 1. The summed E-state index contributed by atoms with van der Waals surface area (Å²) in [5, 5.41) is 3.13. The van der Waals surface area contributed by atoms with E-state index in [0.29, 0.717) is 25.3 Å². The lowest BCUT2D eigenvalue weighted by atomic mass is 10.1. The second kappa shape index (κ2) is 12.5. The van der Waals surface area contributed by atoms with Crippen molar-refractivity contribution in [1.82, 2.24) is 29.7 Å². The number of amides is 1. The summed E-state index contributed by atoms with van der Waals surface area (Å²) in [6, 6.07) is 16.0. The summed E-state index contributed by atoms with van der Waals surface area (Å²) in [6.07, 6.45) is 6.29. The van der Waals surface area contributed by atoms with Crippen molar-refractivity contribution >= 4 is 11.7 Å². The molecule has 0 radical (unpaired) electrons. The Morgan fingerprint density at radius 2 is 1.88 bits per heavy atom. The summed E-state index contributed by atoms with van der Waals surface area (Å²) in [5.74, 6) is 3.74. The number of hydrogen-bond donors (Lipinski definition) is 1. The highest BCUT2D eigenvalue weighted by molar-refractivity contribution is 5.77. The lowest BCUT2D eigenvalue weighted by molar-refractivity contribution is -0.121. The van der Waals surface area contributed by atoms with Gasteiger partial charge in [0.25, 0.3) is 0 Å². The number of nitrogens with one attached hydrogen (secondary N) is 1. The van der Waals surface area contributed by atoms with E-state index in [1.807, 2.05) is 49.5 Å². The second-order valence-electron chi connectivity index (χ2n) is 10.6. The summed E-state index contributed by atoms with van der Waals surface area (Å²) in [7, 11) is 1.67. The van der Waals surface area contributed by atoms with Gasteiger partial charge in [0, 0.05) is 63.3 Å². The molecule has 1 amide bonds. The highest BCUT2D eigenvalue weighted by atomic mass is 16.7. The molecule has 2 aromatic carbocycles. The SMILES string of the molecule is COc1ccc(CN2CCN(c3cc(C)nc(-n4ccnc4)n3)C(CC(=O)NCCc3ccc4c(c3)OCO4)C2)cc1. The van der Waals surface area contributed by atoms with Crippen molar-refractivity contribution in [3.05, 3.63) is 84.1 Å². The van der Waals surface area contributed by atoms with Crippen LogP contribution in [0.1, 0.15) is 23.2 Å². The van der Waals surface area contributed by atoms with E-state index in [1.165, 1.54) is 5.56 Å². The quantitative estimate of drug-likeness (QED) is 0.308. The Kier molecular flexibility index (Phi) is 8.18. The molecular weight excluding hydrogens is 534 g/mol. The lowest BCUT2D eigenvalue weighted by Crippen LogP contribution is -2.54. The maximum absolute atomic E-state index is 13.3. The topological polar surface area (TPSA) is 107 Å². The van der Waals surface area contributed by atoms with Crippen LogP contribution in [0.25, 0.3) is 5.95 Å². The number of piperazine rings is 1. The van der Waals surface area contributed by atoms with Gasteiger partial charge < -0.3 is 24.4 Å². The molecule has 2 aliphatic heterocycles. The largest absolute Gasteiger partial charge is 0.497 e. The zero-order chi connectivity index (χ0) is 28.9. The van der Waals surface area contributed by atoms with Gasteiger partial charge in [-0.1, -0.05) is 18.2 Å². The van der Waals surface area contributed by atoms with E-state index in [0.717, 1.165) is 60.5 Å². The van der Waals surface area contributed by atoms with Gasteiger partial charge in [-0.05, 0) is 48.7 Å². The molecule has 0 spiro atoms. The van der Waals surface area contributed by atoms with E-state index >= 15 is 0 Å². The molecule has 2 aliphatic rings. The number of benzene rings is 2. The summed E-state index contributed by atoms with van der Waals surface area (Å²) < 4.78 is 18.0. The van der Waals surface area contributed by atoms with Crippen LogP contribution < -0.4 is 24.4 Å². The molecule has 4 heterocycles. The Hall–Kier alpha value is -4.64. The molecule has 11 nitrogen and oxygen atoms in total. The Balaban J connectivity index is 1.15. The predicted molar refractivity (Wildman–Crippen MR) is 157 cm³/mol. The van der Waals surface area contributed by atoms with Gasteiger partial charge in [-0.2, -0.15) is 4.98 Å². The van der Waals surface area contributed by atoms with Gasteiger partial charge in [0.15, 0.2) is 11.5 Å². The molecule has 0 saturated carbocycles. The van der Waals surface area contributed by atoms with E-state index in [4.69, 9.17) is 19.2 Å². The minimum Gasteiger partial charge on any atom is -0.497 e. The minimum absolute atomic E-state index is 0.0117. The second-order valence-corrected chi connectivity index (χ2v) is 10.6. The number of methoxy groups -OCH3 is 1. The smallest absolute Gasteiger partial charge is 0.237 e. The molecule has 1 saturated heterocycles. The number of imidazole rings is 1. The molecule has 218 valence electrons. The van der Waals surface area contributed by atoms with Crippen molar-refractivity contribution in [2.24, 2.45) is 0 Å². The average Bonchev–Trinajstić information content (AvgIpc) is 3.70. The van der Waals surface area contributed by atoms with Crippen LogP contribution in [-0.2, 0) is 17.8 Å². The van der Waals surface area contributed by atoms with Crippen LogP contribution in [0, 0.1) is 6.92 Å². The van der Waals surface area contributed by atoms with Gasteiger partial charge in [-0.15, -0.1) is 0 Å². The van der Waals surface area contributed by atoms with Gasteiger partial charge in [0.05, 0.1) is 13.2 Å². The summed E-state index contributed by atoms with van der Waals surface area (Å²) in [4.78, 5) is 31.5. The van der Waals surface area contributed by atoms with Crippen LogP contribution in [0.15, 0.2) is 67.3 Å². The molecular formula is C31H35N7O4. The third-order valence-corrected chi connectivity index (χ3v) is 7.58. The van der Waals surface area contributed by atoms with Gasteiger partial charge >= 0.3 is 0 Å². The molecule has 11 heteroatoms. The first-order valence-corrected chi connectivity index (χ1v) is 14.2. The number of anilines is 1. The zero-order valence-electron chi connectivity index (χ0n) is 23.9. The van der Waals surface area contributed by atoms with Crippen LogP contribution in [0.2, 0.25) is 0 Å². The Labute approximate surface area is 245 Å². The highest BCUT2D eigenvalue weighted by Crippen LogP contribution is 2.32. The summed E-state index contributed by atoms with van der Waals surface area (Å²) >= 11 is 0. The van der Waals surface area contributed by atoms with E-state index in [2.05, 4.69) is 37.2 Å². The van der Waals surface area contributed by atoms with Gasteiger partial charge in [-0.25, -0.2) is 9.97 Å². The minimum atomic E-state index is -0.0625. The molecule has 2 aromatic heterocycles. The highest BCUT2D eigenvalue weighted by Gasteiger charge is 2.30. The predicted octanol–water partition coefficient (Wildman–Crippen LogP) is 3.15. The molecule has 1 atom stereocenters. The van der Waals surface area contributed by atoms with Crippen molar-refractivity contribution in [1.29, 1.82) is 0 Å². The van der Waals surface area contributed by atoms with Crippen molar-refractivity contribution < 1.29 is 19.0 Å². The summed E-state index contributed by atoms with van der Waals surface area (Å²) in [6.45, 7) is 5.86. The Morgan fingerprint density at radius 3 is 2.69 bits per heavy atom. The molecule has 42 heavy (non-hydrogen) atoms. The van der Waals surface area contributed by atoms with Crippen molar-refractivity contribution in [2.45, 2.75) is 32.4 Å². The van der Waals surface area contributed by atoms with E-state index in [-0.39, 0.29) is 18.7 Å². The first-order chi connectivity index (χ1) is 20.5. The number of aromatic nitrogens is 4. The van der Waals surface area contributed by atoms with E-state index in [9.17, 15) is 4.79 Å².